The lowest BCUT2D eigenvalue weighted by Crippen LogP contribution is -2.20. The zero-order chi connectivity index (χ0) is 24.2. The predicted octanol–water partition coefficient (Wildman–Crippen LogP) is 4.92. The number of hydrogen-bond acceptors (Lipinski definition) is 7. The molecule has 0 radical (unpaired) electrons. The summed E-state index contributed by atoms with van der Waals surface area (Å²) >= 11 is 0. The molecule has 0 bridgehead atoms. The summed E-state index contributed by atoms with van der Waals surface area (Å²) < 4.78 is 20.5. The van der Waals surface area contributed by atoms with Crippen LogP contribution in [0.5, 0.6) is 5.88 Å². The molecule has 1 aliphatic carbocycles. The van der Waals surface area contributed by atoms with Gasteiger partial charge in [-0.3, -0.25) is 5.32 Å². The summed E-state index contributed by atoms with van der Waals surface area (Å²) in [6.45, 7) is 3.00. The molecule has 0 saturated heterocycles. The Morgan fingerprint density at radius 3 is 2.74 bits per heavy atom. The molecule has 9 nitrogen and oxygen atoms in total. The molecular formula is C24H25FN6O3. The number of carbonyl (C=O) groups is 1. The highest BCUT2D eigenvalue weighted by molar-refractivity contribution is 5.99. The summed E-state index contributed by atoms with van der Waals surface area (Å²) in [5.74, 6) is 0.431. The third kappa shape index (κ3) is 4.64. The van der Waals surface area contributed by atoms with Crippen LogP contribution in [-0.4, -0.2) is 34.3 Å². The van der Waals surface area contributed by atoms with Crippen molar-refractivity contribution in [3.63, 3.8) is 0 Å². The number of pyridine rings is 2. The fraction of sp³-hybridized carbons (Fsp3) is 0.333. The Bertz CT molecular complexity index is 1280. The zero-order valence-electron chi connectivity index (χ0n) is 18.7. The van der Waals surface area contributed by atoms with E-state index in [9.17, 15) is 9.18 Å². The van der Waals surface area contributed by atoms with E-state index < -0.39 is 11.9 Å². The van der Waals surface area contributed by atoms with Gasteiger partial charge in [-0.25, -0.2) is 19.2 Å². The van der Waals surface area contributed by atoms with E-state index in [0.29, 0.717) is 41.3 Å². The quantitative estimate of drug-likeness (QED) is 0.391. The highest BCUT2D eigenvalue weighted by Crippen LogP contribution is 2.39. The van der Waals surface area contributed by atoms with Gasteiger partial charge in [-0.2, -0.15) is 5.26 Å². The normalized spacial score (nSPS) is 14.7. The van der Waals surface area contributed by atoms with Crippen LogP contribution in [0.4, 0.5) is 26.4 Å². The second-order valence-corrected chi connectivity index (χ2v) is 8.24. The first-order chi connectivity index (χ1) is 16.4. The molecular weight excluding hydrogens is 439 g/mol. The monoisotopic (exact) mass is 464 g/mol. The number of ether oxygens (including phenoxy) is 1. The van der Waals surface area contributed by atoms with Gasteiger partial charge in [0.15, 0.2) is 5.82 Å². The molecule has 1 fully saturated rings. The largest absolute Gasteiger partial charge is 0.474 e. The molecule has 10 heteroatoms. The topological polar surface area (TPSA) is 146 Å². The van der Waals surface area contributed by atoms with Crippen LogP contribution in [-0.2, 0) is 0 Å². The first kappa shape index (κ1) is 23.0. The first-order valence-corrected chi connectivity index (χ1v) is 11.0. The minimum atomic E-state index is -1.24. The van der Waals surface area contributed by atoms with Crippen molar-refractivity contribution in [2.45, 2.75) is 32.6 Å². The minimum absolute atomic E-state index is 0.0572. The Hall–Kier alpha value is -4.13. The number of nitriles is 1. The van der Waals surface area contributed by atoms with Gasteiger partial charge in [0.05, 0.1) is 11.8 Å². The van der Waals surface area contributed by atoms with Gasteiger partial charge in [-0.15, -0.1) is 0 Å². The smallest absolute Gasteiger partial charge is 0.410 e. The number of amides is 1. The van der Waals surface area contributed by atoms with E-state index >= 15 is 0 Å². The number of aromatic nitrogens is 2. The van der Waals surface area contributed by atoms with Gasteiger partial charge in [0.1, 0.15) is 18.1 Å². The second kappa shape index (κ2) is 9.79. The van der Waals surface area contributed by atoms with Crippen molar-refractivity contribution in [3.8, 4) is 23.1 Å². The molecule has 0 atom stereocenters. The molecule has 0 spiro atoms. The molecule has 176 valence electrons. The van der Waals surface area contributed by atoms with Crippen LogP contribution in [0, 0.1) is 30.0 Å². The van der Waals surface area contributed by atoms with Gasteiger partial charge in [0.25, 0.3) is 0 Å². The van der Waals surface area contributed by atoms with Crippen molar-refractivity contribution >= 4 is 34.1 Å². The van der Waals surface area contributed by atoms with Crippen LogP contribution in [0.15, 0.2) is 24.5 Å². The summed E-state index contributed by atoms with van der Waals surface area (Å²) in [6.07, 6.45) is 6.50. The van der Waals surface area contributed by atoms with Crippen molar-refractivity contribution < 1.29 is 19.0 Å². The number of nitrogens with zero attached hydrogens (tertiary/aromatic N) is 3. The summed E-state index contributed by atoms with van der Waals surface area (Å²) in [7, 11) is 0. The van der Waals surface area contributed by atoms with E-state index in [-0.39, 0.29) is 17.1 Å². The summed E-state index contributed by atoms with van der Waals surface area (Å²) in [5, 5.41) is 23.5. The van der Waals surface area contributed by atoms with Crippen molar-refractivity contribution in [1.29, 1.82) is 5.26 Å². The average Bonchev–Trinajstić information content (AvgIpc) is 3.36. The van der Waals surface area contributed by atoms with Crippen LogP contribution in [0.1, 0.15) is 31.2 Å². The Labute approximate surface area is 195 Å². The lowest BCUT2D eigenvalue weighted by atomic mass is 9.97. The van der Waals surface area contributed by atoms with Crippen LogP contribution < -0.4 is 21.1 Å². The van der Waals surface area contributed by atoms with Crippen LogP contribution in [0.25, 0.3) is 21.9 Å². The number of nitrogens with one attached hydrogen (secondary N) is 2. The van der Waals surface area contributed by atoms with E-state index in [1.165, 1.54) is 25.1 Å². The average molecular weight is 465 g/mol. The van der Waals surface area contributed by atoms with Crippen molar-refractivity contribution in [2.24, 2.45) is 5.92 Å². The standard InChI is InChI=1S/C18H16FN5O3.C6H9N/c1-8-11(6-23-17-16(8)21-2-3-27-17)10-4-9-5-13(24-18(25)26)22-7-12(9)15(20)14(10)19;7-5-6-3-1-2-4-6/h4-7,21H,2-3,20H2,1H3,(H,22,24)(H,25,26);6H,1-4H2. The number of rotatable bonds is 2. The molecule has 5 N–H and O–H groups in total. The fourth-order valence-corrected chi connectivity index (χ4v) is 4.22. The van der Waals surface area contributed by atoms with Crippen molar-refractivity contribution in [2.75, 3.05) is 29.5 Å². The summed E-state index contributed by atoms with van der Waals surface area (Å²) in [5.41, 5.74) is 8.28. The van der Waals surface area contributed by atoms with Gasteiger partial charge in [-0.05, 0) is 42.8 Å². The highest BCUT2D eigenvalue weighted by atomic mass is 19.1. The van der Waals surface area contributed by atoms with Gasteiger partial charge in [-0.1, -0.05) is 12.8 Å². The molecule has 34 heavy (non-hydrogen) atoms. The Morgan fingerprint density at radius 2 is 2.06 bits per heavy atom. The van der Waals surface area contributed by atoms with Gasteiger partial charge < -0.3 is 20.9 Å². The van der Waals surface area contributed by atoms with E-state index in [4.69, 9.17) is 20.8 Å². The van der Waals surface area contributed by atoms with E-state index in [1.807, 2.05) is 6.92 Å². The maximum atomic E-state index is 15.0. The lowest BCUT2D eigenvalue weighted by Gasteiger charge is -2.22. The third-order valence-corrected chi connectivity index (χ3v) is 6.01. The summed E-state index contributed by atoms with van der Waals surface area (Å²) in [4.78, 5) is 19.1. The van der Waals surface area contributed by atoms with Crippen LogP contribution in [0.2, 0.25) is 0 Å². The molecule has 2 aromatic heterocycles. The number of nitrogen functional groups attached to an aromatic ring is 1. The Kier molecular flexibility index (Phi) is 6.63. The summed E-state index contributed by atoms with van der Waals surface area (Å²) in [6, 6.07) is 5.38. The second-order valence-electron chi connectivity index (χ2n) is 8.24. The Morgan fingerprint density at radius 1 is 1.29 bits per heavy atom. The number of nitrogens with two attached hydrogens (primary N) is 1. The SMILES string of the molecule is Cc1c(-c2cc3cc(NC(=O)O)ncc3c(N)c2F)cnc2c1NCCO2.N#CC1CCCC1. The first-order valence-electron chi connectivity index (χ1n) is 11.0. The van der Waals surface area contributed by atoms with Crippen molar-refractivity contribution in [3.05, 3.63) is 35.9 Å². The number of benzene rings is 1. The number of carboxylic acid groups (broad SMARTS) is 1. The van der Waals surface area contributed by atoms with E-state index in [1.54, 1.807) is 12.3 Å². The van der Waals surface area contributed by atoms with E-state index in [2.05, 4.69) is 26.7 Å². The molecule has 1 amide bonds. The number of hydrogen-bond donors (Lipinski definition) is 4. The molecule has 3 aromatic rings. The third-order valence-electron chi connectivity index (χ3n) is 6.01. The molecule has 3 heterocycles. The Balaban J connectivity index is 0.000000336. The van der Waals surface area contributed by atoms with E-state index in [0.717, 1.165) is 24.1 Å². The van der Waals surface area contributed by atoms with Gasteiger partial charge in [0.2, 0.25) is 5.88 Å². The van der Waals surface area contributed by atoms with Crippen LogP contribution >= 0.6 is 0 Å². The molecule has 1 aliphatic heterocycles. The van der Waals surface area contributed by atoms with Gasteiger partial charge in [0, 0.05) is 41.4 Å². The highest BCUT2D eigenvalue weighted by Gasteiger charge is 2.21. The maximum Gasteiger partial charge on any atom is 0.410 e. The minimum Gasteiger partial charge on any atom is -0.474 e. The number of anilines is 3. The molecule has 1 aromatic carbocycles. The van der Waals surface area contributed by atoms with Crippen LogP contribution in [0.3, 0.4) is 0 Å². The maximum absolute atomic E-state index is 15.0. The molecule has 2 aliphatic rings. The molecule has 0 unspecified atom stereocenters. The van der Waals surface area contributed by atoms with Gasteiger partial charge >= 0.3 is 6.09 Å². The van der Waals surface area contributed by atoms with Crippen molar-refractivity contribution in [1.82, 2.24) is 9.97 Å². The number of halogens is 1. The zero-order valence-corrected chi connectivity index (χ0v) is 18.7. The fourth-order valence-electron chi connectivity index (χ4n) is 4.22. The lowest BCUT2D eigenvalue weighted by molar-refractivity contribution is 0.209. The predicted molar refractivity (Wildman–Crippen MR) is 127 cm³/mol. The number of fused-ring (bicyclic) bond motifs is 2. The molecule has 1 saturated carbocycles. The molecule has 5 rings (SSSR count).